The first kappa shape index (κ1) is 14.8. The molecule has 0 atom stereocenters. The van der Waals surface area contributed by atoms with Gasteiger partial charge in [-0.25, -0.2) is 4.98 Å². The number of nitrogen functional groups attached to an aromatic ring is 1. The number of phenols is 1. The van der Waals surface area contributed by atoms with Gasteiger partial charge in [-0.1, -0.05) is 35.8 Å². The Balaban J connectivity index is 0.000000151. The number of phenolic OH excluding ortho intramolecular Hbond substituents is 1. The fraction of sp³-hybridized carbons (Fsp3) is 0. The molecular formula is C13H10Cl2N2O2S. The number of hydrogen-bond donors (Lipinski definition) is 3. The Labute approximate surface area is 130 Å². The molecule has 3 N–H and O–H groups in total. The molecule has 0 spiro atoms. The van der Waals surface area contributed by atoms with Gasteiger partial charge in [0.25, 0.3) is 5.22 Å². The van der Waals surface area contributed by atoms with E-state index in [1.165, 1.54) is 12.1 Å². The van der Waals surface area contributed by atoms with Crippen molar-refractivity contribution in [2.75, 3.05) is 5.73 Å². The molecule has 2 aromatic carbocycles. The number of rotatable bonds is 0. The lowest BCUT2D eigenvalue weighted by molar-refractivity contribution is 0.478. The maximum Gasteiger partial charge on any atom is 0.253 e. The zero-order chi connectivity index (χ0) is 14.7. The van der Waals surface area contributed by atoms with Crippen molar-refractivity contribution >= 4 is 52.6 Å². The van der Waals surface area contributed by atoms with E-state index < -0.39 is 0 Å². The molecule has 0 unspecified atom stereocenters. The van der Waals surface area contributed by atoms with E-state index >= 15 is 0 Å². The number of aromatic hydroxyl groups is 1. The second-order valence-electron chi connectivity index (χ2n) is 3.81. The topological polar surface area (TPSA) is 72.3 Å². The summed E-state index contributed by atoms with van der Waals surface area (Å²) in [5.74, 6) is 0.0689. The summed E-state index contributed by atoms with van der Waals surface area (Å²) in [6.45, 7) is 0. The van der Waals surface area contributed by atoms with Crippen LogP contribution in [0.25, 0.3) is 11.1 Å². The lowest BCUT2D eigenvalue weighted by Crippen LogP contribution is -1.83. The largest absolute Gasteiger partial charge is 0.506 e. The Bertz CT molecular complexity index is 746. The van der Waals surface area contributed by atoms with Gasteiger partial charge in [0.2, 0.25) is 0 Å². The molecular weight excluding hydrogens is 319 g/mol. The number of oxazole rings is 1. The summed E-state index contributed by atoms with van der Waals surface area (Å²) in [7, 11) is 0. The van der Waals surface area contributed by atoms with Crippen LogP contribution >= 0.6 is 35.8 Å². The minimum Gasteiger partial charge on any atom is -0.506 e. The molecule has 0 amide bonds. The molecule has 3 aromatic rings. The molecule has 0 saturated carbocycles. The van der Waals surface area contributed by atoms with Crippen molar-refractivity contribution in [3.63, 3.8) is 0 Å². The number of nitrogens with zero attached hydrogens (tertiary/aromatic N) is 1. The van der Waals surface area contributed by atoms with Crippen molar-refractivity contribution in [2.45, 2.75) is 5.22 Å². The van der Waals surface area contributed by atoms with Crippen molar-refractivity contribution in [2.24, 2.45) is 0 Å². The average Bonchev–Trinajstić information content (AvgIpc) is 2.74. The summed E-state index contributed by atoms with van der Waals surface area (Å²) in [5, 5.41) is 10.4. The van der Waals surface area contributed by atoms with Gasteiger partial charge < -0.3 is 15.3 Å². The van der Waals surface area contributed by atoms with E-state index in [1.54, 1.807) is 24.3 Å². The molecule has 0 aliphatic heterocycles. The fourth-order valence-electron chi connectivity index (χ4n) is 1.41. The predicted octanol–water partition coefficient (Wildman–Crippen LogP) is 4.40. The van der Waals surface area contributed by atoms with E-state index in [-0.39, 0.29) is 5.75 Å². The van der Waals surface area contributed by atoms with Crippen molar-refractivity contribution < 1.29 is 9.52 Å². The molecule has 20 heavy (non-hydrogen) atoms. The first-order chi connectivity index (χ1) is 9.45. The average molecular weight is 329 g/mol. The Hall–Kier alpha value is -1.56. The molecule has 104 valence electrons. The van der Waals surface area contributed by atoms with Gasteiger partial charge in [-0.2, -0.15) is 0 Å². The summed E-state index contributed by atoms with van der Waals surface area (Å²) in [5.41, 5.74) is 7.04. The van der Waals surface area contributed by atoms with Crippen LogP contribution in [0.1, 0.15) is 0 Å². The highest BCUT2D eigenvalue weighted by atomic mass is 35.5. The van der Waals surface area contributed by atoms with Gasteiger partial charge in [-0.3, -0.25) is 0 Å². The first-order valence-corrected chi connectivity index (χ1v) is 6.65. The molecule has 0 saturated heterocycles. The molecule has 0 radical (unpaired) electrons. The van der Waals surface area contributed by atoms with Crippen molar-refractivity contribution in [3.05, 3.63) is 46.4 Å². The van der Waals surface area contributed by atoms with E-state index in [0.717, 1.165) is 5.52 Å². The maximum absolute atomic E-state index is 8.86. The number of aromatic nitrogens is 1. The van der Waals surface area contributed by atoms with E-state index in [9.17, 15) is 0 Å². The summed E-state index contributed by atoms with van der Waals surface area (Å²) < 4.78 is 5.12. The van der Waals surface area contributed by atoms with Gasteiger partial charge in [-0.05, 0) is 36.4 Å². The SMILES string of the molecule is Nc1cc(Cl)ccc1O.Sc1nc2cc(Cl)ccc2o1. The first-order valence-electron chi connectivity index (χ1n) is 5.45. The van der Waals surface area contributed by atoms with Crippen molar-refractivity contribution in [1.82, 2.24) is 4.98 Å². The van der Waals surface area contributed by atoms with Crippen LogP contribution < -0.4 is 5.73 Å². The maximum atomic E-state index is 8.86. The molecule has 0 aliphatic rings. The number of thiol groups is 1. The summed E-state index contributed by atoms with van der Waals surface area (Å²) >= 11 is 15.2. The Morgan fingerprint density at radius 3 is 2.40 bits per heavy atom. The second-order valence-corrected chi connectivity index (χ2v) is 5.07. The van der Waals surface area contributed by atoms with Gasteiger partial charge in [-0.15, -0.1) is 0 Å². The summed E-state index contributed by atoms with van der Waals surface area (Å²) in [6, 6.07) is 9.79. The fourth-order valence-corrected chi connectivity index (χ4v) is 1.97. The summed E-state index contributed by atoms with van der Waals surface area (Å²) in [4.78, 5) is 3.99. The van der Waals surface area contributed by atoms with E-state index in [2.05, 4.69) is 17.6 Å². The highest BCUT2D eigenvalue weighted by Crippen LogP contribution is 2.22. The van der Waals surface area contributed by atoms with Gasteiger partial charge in [0.1, 0.15) is 11.3 Å². The van der Waals surface area contributed by atoms with Crippen LogP contribution in [0.15, 0.2) is 46.0 Å². The molecule has 0 bridgehead atoms. The molecule has 1 heterocycles. The number of benzene rings is 2. The van der Waals surface area contributed by atoms with Gasteiger partial charge >= 0.3 is 0 Å². The van der Waals surface area contributed by atoms with Gasteiger partial charge in [0, 0.05) is 10.0 Å². The van der Waals surface area contributed by atoms with E-state index in [4.69, 9.17) is 38.5 Å². The zero-order valence-corrected chi connectivity index (χ0v) is 12.5. The molecule has 1 aromatic heterocycles. The minimum atomic E-state index is 0.0689. The Kier molecular flexibility index (Phi) is 4.65. The quantitative estimate of drug-likeness (QED) is 0.325. The standard InChI is InChI=1S/C7H4ClNOS.C6H6ClNO/c8-4-1-2-6-5(3-4)9-7(11)10-6;7-4-1-2-6(9)5(8)3-4/h1-3H,(H,9,11);1-3,9H,8H2. The van der Waals surface area contributed by atoms with Crippen LogP contribution in [0.4, 0.5) is 5.69 Å². The monoisotopic (exact) mass is 328 g/mol. The Morgan fingerprint density at radius 2 is 1.75 bits per heavy atom. The number of fused-ring (bicyclic) bond motifs is 1. The Morgan fingerprint density at radius 1 is 1.10 bits per heavy atom. The van der Waals surface area contributed by atoms with Crippen LogP contribution in [0.3, 0.4) is 0 Å². The lowest BCUT2D eigenvalue weighted by atomic mass is 10.3. The highest BCUT2D eigenvalue weighted by molar-refractivity contribution is 7.80. The normalized spacial score (nSPS) is 10.2. The van der Waals surface area contributed by atoms with Crippen LogP contribution in [-0.4, -0.2) is 10.1 Å². The zero-order valence-electron chi connectivity index (χ0n) is 10.0. The number of hydrogen-bond acceptors (Lipinski definition) is 5. The number of anilines is 1. The molecule has 4 nitrogen and oxygen atoms in total. The molecule has 0 fully saturated rings. The third kappa shape index (κ3) is 3.72. The van der Waals surface area contributed by atoms with Crippen LogP contribution in [0.5, 0.6) is 5.75 Å². The minimum absolute atomic E-state index is 0.0689. The third-order valence-electron chi connectivity index (χ3n) is 2.33. The third-order valence-corrected chi connectivity index (χ3v) is 2.99. The van der Waals surface area contributed by atoms with Gasteiger partial charge in [0.05, 0.1) is 5.69 Å². The van der Waals surface area contributed by atoms with Crippen LogP contribution in [0, 0.1) is 0 Å². The number of halogens is 2. The van der Waals surface area contributed by atoms with E-state index in [0.29, 0.717) is 26.5 Å². The van der Waals surface area contributed by atoms with Gasteiger partial charge in [0.15, 0.2) is 5.58 Å². The number of nitrogens with two attached hydrogens (primary N) is 1. The van der Waals surface area contributed by atoms with Crippen LogP contribution in [0.2, 0.25) is 10.0 Å². The van der Waals surface area contributed by atoms with Crippen LogP contribution in [-0.2, 0) is 0 Å². The van der Waals surface area contributed by atoms with Crippen molar-refractivity contribution in [3.8, 4) is 5.75 Å². The van der Waals surface area contributed by atoms with Crippen molar-refractivity contribution in [1.29, 1.82) is 0 Å². The lowest BCUT2D eigenvalue weighted by Gasteiger charge is -1.95. The van der Waals surface area contributed by atoms with E-state index in [1.807, 2.05) is 0 Å². The molecule has 3 rings (SSSR count). The molecule has 0 aliphatic carbocycles. The molecule has 7 heteroatoms. The smallest absolute Gasteiger partial charge is 0.253 e. The predicted molar refractivity (Wildman–Crippen MR) is 83.8 cm³/mol. The second kappa shape index (κ2) is 6.26. The highest BCUT2D eigenvalue weighted by Gasteiger charge is 2.01. The summed E-state index contributed by atoms with van der Waals surface area (Å²) in [6.07, 6.45) is 0.